The maximum Gasteiger partial charge on any atom is 0.120 e. The van der Waals surface area contributed by atoms with Gasteiger partial charge in [0.1, 0.15) is 5.75 Å². The molecule has 0 fully saturated rings. The number of hydrogen-bond acceptors (Lipinski definition) is 3. The highest BCUT2D eigenvalue weighted by Crippen LogP contribution is 2.21. The van der Waals surface area contributed by atoms with Gasteiger partial charge in [0.25, 0.3) is 0 Å². The zero-order chi connectivity index (χ0) is 14.5. The molecule has 0 aliphatic carbocycles. The Morgan fingerprint density at radius 3 is 2.80 bits per heavy atom. The Balaban J connectivity index is 1.74. The third-order valence-electron chi connectivity index (χ3n) is 3.18. The SMILES string of the molecule is Cc1cc(C)n(CCCNCc2cc(Cl)ccc2O)n1. The minimum absolute atomic E-state index is 0.278. The summed E-state index contributed by atoms with van der Waals surface area (Å²) in [7, 11) is 0. The summed E-state index contributed by atoms with van der Waals surface area (Å²) in [5.74, 6) is 0.278. The molecular formula is C15H20ClN3O. The molecule has 0 amide bonds. The summed E-state index contributed by atoms with van der Waals surface area (Å²) in [6.07, 6.45) is 0.989. The summed E-state index contributed by atoms with van der Waals surface area (Å²) in [6, 6.07) is 7.17. The van der Waals surface area contributed by atoms with Crippen molar-refractivity contribution in [1.82, 2.24) is 15.1 Å². The summed E-state index contributed by atoms with van der Waals surface area (Å²) in [5.41, 5.74) is 3.07. The molecule has 0 radical (unpaired) electrons. The van der Waals surface area contributed by atoms with Crippen molar-refractivity contribution in [3.8, 4) is 5.75 Å². The first-order chi connectivity index (χ1) is 9.56. The highest BCUT2D eigenvalue weighted by Gasteiger charge is 2.02. The molecule has 0 saturated carbocycles. The monoisotopic (exact) mass is 293 g/mol. The van der Waals surface area contributed by atoms with Gasteiger partial charge in [0.15, 0.2) is 0 Å². The Bertz CT molecular complexity index is 580. The molecule has 0 atom stereocenters. The van der Waals surface area contributed by atoms with Gasteiger partial charge in [-0.1, -0.05) is 11.6 Å². The molecule has 0 spiro atoms. The van der Waals surface area contributed by atoms with Crippen LogP contribution in [0.25, 0.3) is 0 Å². The van der Waals surface area contributed by atoms with Crippen molar-refractivity contribution in [2.24, 2.45) is 0 Å². The third-order valence-corrected chi connectivity index (χ3v) is 3.42. The van der Waals surface area contributed by atoms with Crippen molar-refractivity contribution < 1.29 is 5.11 Å². The summed E-state index contributed by atoms with van der Waals surface area (Å²) >= 11 is 5.91. The Labute approximate surface area is 124 Å². The molecule has 108 valence electrons. The number of aromatic hydroxyl groups is 1. The maximum absolute atomic E-state index is 9.70. The number of halogens is 1. The first-order valence-electron chi connectivity index (χ1n) is 6.75. The van der Waals surface area contributed by atoms with Gasteiger partial charge in [0.05, 0.1) is 5.69 Å². The number of phenolic OH excluding ortho intramolecular Hbond substituents is 1. The molecule has 1 heterocycles. The van der Waals surface area contributed by atoms with Gasteiger partial charge >= 0.3 is 0 Å². The molecular weight excluding hydrogens is 274 g/mol. The standard InChI is InChI=1S/C15H20ClN3O/c1-11-8-12(2)19(18-11)7-3-6-17-10-13-9-14(16)4-5-15(13)20/h4-5,8-9,17,20H,3,6-7,10H2,1-2H3. The minimum Gasteiger partial charge on any atom is -0.508 e. The topological polar surface area (TPSA) is 50.1 Å². The molecule has 0 bridgehead atoms. The average molecular weight is 294 g/mol. The van der Waals surface area contributed by atoms with Crippen LogP contribution in [0.4, 0.5) is 0 Å². The lowest BCUT2D eigenvalue weighted by Gasteiger charge is -2.08. The van der Waals surface area contributed by atoms with E-state index in [1.165, 1.54) is 5.69 Å². The van der Waals surface area contributed by atoms with Crippen LogP contribution in [0.5, 0.6) is 5.75 Å². The number of rotatable bonds is 6. The predicted octanol–water partition coefficient (Wildman–Crippen LogP) is 3.04. The van der Waals surface area contributed by atoms with Gasteiger partial charge in [-0.2, -0.15) is 5.10 Å². The van der Waals surface area contributed by atoms with Crippen LogP contribution in [0.1, 0.15) is 23.4 Å². The van der Waals surface area contributed by atoms with Crippen LogP contribution in [0.15, 0.2) is 24.3 Å². The van der Waals surface area contributed by atoms with Crippen molar-refractivity contribution >= 4 is 11.6 Å². The summed E-state index contributed by atoms with van der Waals surface area (Å²) in [6.45, 7) is 6.45. The number of aryl methyl sites for hydroxylation is 3. The molecule has 0 saturated heterocycles. The van der Waals surface area contributed by atoms with E-state index in [4.69, 9.17) is 11.6 Å². The molecule has 0 aliphatic rings. The van der Waals surface area contributed by atoms with Gasteiger partial charge in [-0.25, -0.2) is 0 Å². The number of nitrogens with one attached hydrogen (secondary N) is 1. The Kier molecular flexibility index (Phi) is 5.04. The molecule has 1 aromatic carbocycles. The van der Waals surface area contributed by atoms with Crippen LogP contribution < -0.4 is 5.32 Å². The zero-order valence-electron chi connectivity index (χ0n) is 11.9. The van der Waals surface area contributed by atoms with Gasteiger partial charge in [0, 0.05) is 29.4 Å². The van der Waals surface area contributed by atoms with Crippen molar-refractivity contribution in [1.29, 1.82) is 0 Å². The summed E-state index contributed by atoms with van der Waals surface area (Å²) in [4.78, 5) is 0. The molecule has 5 heteroatoms. The second-order valence-corrected chi connectivity index (χ2v) is 5.39. The van der Waals surface area contributed by atoms with E-state index >= 15 is 0 Å². The van der Waals surface area contributed by atoms with E-state index in [1.54, 1.807) is 18.2 Å². The van der Waals surface area contributed by atoms with Crippen LogP contribution in [-0.4, -0.2) is 21.4 Å². The first-order valence-corrected chi connectivity index (χ1v) is 7.13. The van der Waals surface area contributed by atoms with Gasteiger partial charge < -0.3 is 10.4 Å². The van der Waals surface area contributed by atoms with Crippen LogP contribution in [-0.2, 0) is 13.1 Å². The second-order valence-electron chi connectivity index (χ2n) is 4.95. The van der Waals surface area contributed by atoms with Crippen LogP contribution >= 0.6 is 11.6 Å². The summed E-state index contributed by atoms with van der Waals surface area (Å²) < 4.78 is 2.02. The fraction of sp³-hybridized carbons (Fsp3) is 0.400. The molecule has 0 aliphatic heterocycles. The van der Waals surface area contributed by atoms with Crippen molar-refractivity contribution in [3.63, 3.8) is 0 Å². The van der Waals surface area contributed by atoms with E-state index in [2.05, 4.69) is 23.4 Å². The Hall–Kier alpha value is -1.52. The molecule has 0 unspecified atom stereocenters. The third kappa shape index (κ3) is 3.99. The molecule has 2 rings (SSSR count). The number of nitrogens with zero attached hydrogens (tertiary/aromatic N) is 2. The summed E-state index contributed by atoms with van der Waals surface area (Å²) in [5, 5.41) is 18.1. The van der Waals surface area contributed by atoms with Crippen molar-refractivity contribution in [2.75, 3.05) is 6.54 Å². The number of aromatic nitrogens is 2. The maximum atomic E-state index is 9.70. The van der Waals surface area contributed by atoms with Crippen molar-refractivity contribution in [2.45, 2.75) is 33.4 Å². The van der Waals surface area contributed by atoms with Gasteiger partial charge in [-0.05, 0) is 51.1 Å². The molecule has 20 heavy (non-hydrogen) atoms. The lowest BCUT2D eigenvalue weighted by Crippen LogP contribution is -2.17. The highest BCUT2D eigenvalue weighted by molar-refractivity contribution is 6.30. The quantitative estimate of drug-likeness (QED) is 0.805. The minimum atomic E-state index is 0.278. The Morgan fingerprint density at radius 1 is 1.30 bits per heavy atom. The lowest BCUT2D eigenvalue weighted by molar-refractivity contribution is 0.462. The van der Waals surface area contributed by atoms with E-state index < -0.39 is 0 Å². The average Bonchev–Trinajstić information content (AvgIpc) is 2.71. The van der Waals surface area contributed by atoms with Crippen LogP contribution in [0.3, 0.4) is 0 Å². The van der Waals surface area contributed by atoms with Gasteiger partial charge in [0.2, 0.25) is 0 Å². The van der Waals surface area contributed by atoms with E-state index in [-0.39, 0.29) is 5.75 Å². The van der Waals surface area contributed by atoms with E-state index in [0.717, 1.165) is 30.8 Å². The van der Waals surface area contributed by atoms with Gasteiger partial charge in [-0.15, -0.1) is 0 Å². The highest BCUT2D eigenvalue weighted by atomic mass is 35.5. The smallest absolute Gasteiger partial charge is 0.120 e. The van der Waals surface area contributed by atoms with E-state index in [0.29, 0.717) is 11.6 Å². The van der Waals surface area contributed by atoms with E-state index in [9.17, 15) is 5.11 Å². The fourth-order valence-corrected chi connectivity index (χ4v) is 2.37. The number of benzene rings is 1. The number of phenols is 1. The van der Waals surface area contributed by atoms with E-state index in [1.807, 2.05) is 11.6 Å². The predicted molar refractivity (Wildman–Crippen MR) is 81.1 cm³/mol. The molecule has 2 N–H and O–H groups in total. The molecule has 4 nitrogen and oxygen atoms in total. The zero-order valence-corrected chi connectivity index (χ0v) is 12.6. The van der Waals surface area contributed by atoms with Crippen LogP contribution in [0, 0.1) is 13.8 Å². The van der Waals surface area contributed by atoms with Gasteiger partial charge in [-0.3, -0.25) is 4.68 Å². The van der Waals surface area contributed by atoms with Crippen molar-refractivity contribution in [3.05, 3.63) is 46.2 Å². The first kappa shape index (κ1) is 14.9. The second kappa shape index (κ2) is 6.77. The lowest BCUT2D eigenvalue weighted by atomic mass is 10.2. The molecule has 2 aromatic rings. The number of hydrogen-bond donors (Lipinski definition) is 2. The normalized spacial score (nSPS) is 10.9. The van der Waals surface area contributed by atoms with Crippen LogP contribution in [0.2, 0.25) is 5.02 Å². The fourth-order valence-electron chi connectivity index (χ4n) is 2.17. The Morgan fingerprint density at radius 2 is 2.10 bits per heavy atom. The molecule has 1 aromatic heterocycles. The largest absolute Gasteiger partial charge is 0.508 e.